The smallest absolute Gasteiger partial charge is 0.0169 e. The van der Waals surface area contributed by atoms with E-state index in [4.69, 9.17) is 0 Å². The predicted octanol–water partition coefficient (Wildman–Crippen LogP) is 5.38. The summed E-state index contributed by atoms with van der Waals surface area (Å²) in [6, 6.07) is 0. The molecule has 0 aromatic carbocycles. The van der Waals surface area contributed by atoms with Crippen molar-refractivity contribution in [2.45, 2.75) is 68.7 Å². The lowest BCUT2D eigenvalue weighted by Crippen LogP contribution is -2.64. The highest BCUT2D eigenvalue weighted by Gasteiger charge is 2.65. The summed E-state index contributed by atoms with van der Waals surface area (Å²) in [5, 5.41) is 0. The van der Waals surface area contributed by atoms with Crippen molar-refractivity contribution in [1.82, 2.24) is 0 Å². The van der Waals surface area contributed by atoms with E-state index >= 15 is 0 Å². The Morgan fingerprint density at radius 2 is 1.44 bits per heavy atom. The molecule has 2 unspecified atom stereocenters. The van der Waals surface area contributed by atoms with Gasteiger partial charge in [-0.25, -0.2) is 0 Å². The second kappa shape index (κ2) is 3.75. The fourth-order valence-corrected chi connectivity index (χ4v) is 5.25. The second-order valence-corrected chi connectivity index (χ2v) is 8.15. The molecule has 0 amide bonds. The molecule has 1 saturated carbocycles. The highest BCUT2D eigenvalue weighted by Crippen LogP contribution is 2.72. The molecule has 0 heteroatoms. The van der Waals surface area contributed by atoms with Crippen molar-refractivity contribution >= 4 is 0 Å². The van der Waals surface area contributed by atoms with E-state index in [1.54, 1.807) is 0 Å². The van der Waals surface area contributed by atoms with Gasteiger partial charge in [0.15, 0.2) is 0 Å². The van der Waals surface area contributed by atoms with Crippen LogP contribution in [0.25, 0.3) is 0 Å². The Kier molecular flexibility index (Phi) is 3.30. The summed E-state index contributed by atoms with van der Waals surface area (Å²) in [6.45, 7) is 21.9. The molecule has 16 heavy (non-hydrogen) atoms. The monoisotopic (exact) mass is 224 g/mol. The van der Waals surface area contributed by atoms with Gasteiger partial charge in [0.05, 0.1) is 0 Å². The van der Waals surface area contributed by atoms with Crippen LogP contribution in [0, 0.1) is 34.0 Å². The van der Waals surface area contributed by atoms with E-state index in [2.05, 4.69) is 62.3 Å². The molecule has 0 bridgehead atoms. The molecule has 0 saturated heterocycles. The van der Waals surface area contributed by atoms with E-state index in [0.29, 0.717) is 16.2 Å². The molecule has 1 aliphatic rings. The van der Waals surface area contributed by atoms with Crippen LogP contribution in [0.3, 0.4) is 0 Å². The Labute approximate surface area is 103 Å². The van der Waals surface area contributed by atoms with Crippen LogP contribution in [0.4, 0.5) is 0 Å². The predicted molar refractivity (Wildman–Crippen MR) is 73.5 cm³/mol. The van der Waals surface area contributed by atoms with Gasteiger partial charge in [-0.3, -0.25) is 0 Å². The van der Waals surface area contributed by atoms with Crippen LogP contribution >= 0.6 is 0 Å². The zero-order valence-electron chi connectivity index (χ0n) is 12.9. The minimum Gasteiger partial charge on any atom is -0.0625 e. The molecule has 0 heterocycles. The fourth-order valence-electron chi connectivity index (χ4n) is 5.25. The first-order chi connectivity index (χ1) is 6.98. The summed E-state index contributed by atoms with van der Waals surface area (Å²) in [4.78, 5) is 0. The molecule has 1 aliphatic carbocycles. The molecular weight excluding hydrogens is 192 g/mol. The van der Waals surface area contributed by atoms with Crippen LogP contribution in [0.5, 0.6) is 0 Å². The number of rotatable bonds is 2. The van der Waals surface area contributed by atoms with Crippen LogP contribution in [0.1, 0.15) is 68.7 Å². The third-order valence-corrected chi connectivity index (χ3v) is 5.75. The first kappa shape index (κ1) is 14.1. The highest BCUT2D eigenvalue weighted by atomic mass is 14.7. The maximum Gasteiger partial charge on any atom is -0.0169 e. The van der Waals surface area contributed by atoms with Gasteiger partial charge in [0.25, 0.3) is 0 Å². The van der Waals surface area contributed by atoms with E-state index in [1.165, 1.54) is 6.42 Å². The lowest BCUT2D eigenvalue weighted by Gasteiger charge is -2.71. The average Bonchev–Trinajstić information content (AvgIpc) is 1.97. The summed E-state index contributed by atoms with van der Waals surface area (Å²) in [7, 11) is 0. The maximum atomic E-state index is 2.51. The lowest BCUT2D eigenvalue weighted by atomic mass is 9.34. The molecule has 1 rings (SSSR count). The van der Waals surface area contributed by atoms with Crippen molar-refractivity contribution in [3.05, 3.63) is 0 Å². The average molecular weight is 224 g/mol. The molecule has 0 radical (unpaired) electrons. The molecule has 0 aliphatic heterocycles. The van der Waals surface area contributed by atoms with Gasteiger partial charge in [0.2, 0.25) is 0 Å². The SMILES string of the molecule is CC(C)C1CC(C(C)C)(C(C)(C)C)C1(C)C. The van der Waals surface area contributed by atoms with Crippen molar-refractivity contribution in [2.75, 3.05) is 0 Å². The van der Waals surface area contributed by atoms with Gasteiger partial charge in [0, 0.05) is 0 Å². The molecule has 0 aromatic heterocycles. The van der Waals surface area contributed by atoms with Crippen LogP contribution < -0.4 is 0 Å². The zero-order chi connectivity index (χ0) is 12.9. The third kappa shape index (κ3) is 1.56. The van der Waals surface area contributed by atoms with E-state index in [-0.39, 0.29) is 0 Å². The molecule has 96 valence electrons. The van der Waals surface area contributed by atoms with Gasteiger partial charge in [-0.15, -0.1) is 0 Å². The van der Waals surface area contributed by atoms with Crippen molar-refractivity contribution in [2.24, 2.45) is 34.0 Å². The van der Waals surface area contributed by atoms with Gasteiger partial charge in [-0.05, 0) is 40.4 Å². The molecular formula is C16H32. The Morgan fingerprint density at radius 1 is 1.00 bits per heavy atom. The lowest BCUT2D eigenvalue weighted by molar-refractivity contribution is -0.227. The van der Waals surface area contributed by atoms with Gasteiger partial charge < -0.3 is 0 Å². The second-order valence-electron chi connectivity index (χ2n) is 8.15. The van der Waals surface area contributed by atoms with Gasteiger partial charge >= 0.3 is 0 Å². The van der Waals surface area contributed by atoms with Crippen LogP contribution in [-0.2, 0) is 0 Å². The van der Waals surface area contributed by atoms with E-state index in [0.717, 1.165) is 17.8 Å². The molecule has 1 fully saturated rings. The van der Waals surface area contributed by atoms with Crippen LogP contribution in [0.2, 0.25) is 0 Å². The number of hydrogen-bond donors (Lipinski definition) is 0. The summed E-state index contributed by atoms with van der Waals surface area (Å²) in [6.07, 6.45) is 1.42. The quantitative estimate of drug-likeness (QED) is 0.591. The minimum absolute atomic E-state index is 0.413. The first-order valence-corrected chi connectivity index (χ1v) is 6.98. The largest absolute Gasteiger partial charge is 0.0625 e. The maximum absolute atomic E-state index is 2.51. The third-order valence-electron chi connectivity index (χ3n) is 5.75. The van der Waals surface area contributed by atoms with Gasteiger partial charge in [-0.2, -0.15) is 0 Å². The standard InChI is InChI=1S/C16H32/c1-11(2)13-10-16(12(3)4,14(5,6)7)15(13,8)9/h11-13H,10H2,1-9H3. The molecule has 2 atom stereocenters. The first-order valence-electron chi connectivity index (χ1n) is 6.98. The van der Waals surface area contributed by atoms with Crippen molar-refractivity contribution < 1.29 is 0 Å². The van der Waals surface area contributed by atoms with Gasteiger partial charge in [-0.1, -0.05) is 62.3 Å². The van der Waals surface area contributed by atoms with E-state index in [1.807, 2.05) is 0 Å². The molecule has 0 N–H and O–H groups in total. The molecule has 0 spiro atoms. The summed E-state index contributed by atoms with van der Waals surface area (Å²) >= 11 is 0. The highest BCUT2D eigenvalue weighted by molar-refractivity contribution is 5.13. The van der Waals surface area contributed by atoms with Crippen molar-refractivity contribution in [3.63, 3.8) is 0 Å². The fraction of sp³-hybridized carbons (Fsp3) is 1.00. The summed E-state index contributed by atoms with van der Waals surface area (Å²) in [5.41, 5.74) is 1.40. The van der Waals surface area contributed by atoms with E-state index in [9.17, 15) is 0 Å². The Bertz CT molecular complexity index is 252. The zero-order valence-corrected chi connectivity index (χ0v) is 12.9. The van der Waals surface area contributed by atoms with Crippen molar-refractivity contribution in [1.29, 1.82) is 0 Å². The van der Waals surface area contributed by atoms with Gasteiger partial charge in [0.1, 0.15) is 0 Å². The molecule has 0 nitrogen and oxygen atoms in total. The Morgan fingerprint density at radius 3 is 1.62 bits per heavy atom. The summed E-state index contributed by atoms with van der Waals surface area (Å²) < 4.78 is 0. The normalized spacial score (nSPS) is 34.3. The topological polar surface area (TPSA) is 0 Å². The Hall–Kier alpha value is 0. The van der Waals surface area contributed by atoms with Crippen LogP contribution in [-0.4, -0.2) is 0 Å². The Balaban J connectivity index is 3.12. The number of hydrogen-bond acceptors (Lipinski definition) is 0. The van der Waals surface area contributed by atoms with E-state index < -0.39 is 0 Å². The van der Waals surface area contributed by atoms with Crippen molar-refractivity contribution in [3.8, 4) is 0 Å². The van der Waals surface area contributed by atoms with Crippen LogP contribution in [0.15, 0.2) is 0 Å². The minimum atomic E-state index is 0.413. The summed E-state index contributed by atoms with van der Waals surface area (Å²) in [5.74, 6) is 2.50. The molecule has 0 aromatic rings.